The molecule has 8 aromatic heterocycles. The van der Waals surface area contributed by atoms with Gasteiger partial charge in [-0.1, -0.05) is 44.8 Å². The van der Waals surface area contributed by atoms with E-state index in [1.807, 2.05) is 0 Å². The van der Waals surface area contributed by atoms with Gasteiger partial charge in [0.05, 0.1) is 51.0 Å². The molecule has 0 saturated carbocycles. The number of rotatable bonds is 24. The summed E-state index contributed by atoms with van der Waals surface area (Å²) in [4.78, 5) is 98.6. The second kappa shape index (κ2) is 37.2. The van der Waals surface area contributed by atoms with E-state index in [4.69, 9.17) is 67.8 Å². The predicted octanol–water partition coefficient (Wildman–Crippen LogP) is 16.9. The summed E-state index contributed by atoms with van der Waals surface area (Å²) in [5, 5.41) is 18.9. The van der Waals surface area contributed by atoms with Gasteiger partial charge in [-0.3, -0.25) is 38.4 Å². The minimum atomic E-state index is -5.15. The standard InChI is InChI=1S/4C20H21N3O5S2/c4*1-10-8-11(2)17(15(9-10)14(5)24)21-19(25)18-16(6-7-29-18)30(26,27)23-20-12(3)13(4)22-28-20/h4*6-9,23H,1-5H3,(H,21,25)/i1D3,2D3,3D3,8D,9D;1D3,2D3,8D,9D;3D3,5D3;5D3/hD8. The molecule has 0 bridgehead atoms. The monoisotopic (exact) mass is 1820 g/mol. The van der Waals surface area contributed by atoms with Gasteiger partial charge in [-0.15, -0.1) is 45.3 Å². The van der Waals surface area contributed by atoms with Crippen molar-refractivity contribution in [2.75, 3.05) is 40.1 Å². The average Bonchev–Trinajstić information content (AvgIpc) is 1.18. The number of carbonyl (C=O) groups excluding carboxylic acids is 8. The third-order valence-corrected chi connectivity index (χ3v) is 25.4. The smallest absolute Gasteiger partial charge is 0.267 e. The van der Waals surface area contributed by atoms with Gasteiger partial charge in [-0.25, -0.2) is 52.5 Å². The van der Waals surface area contributed by atoms with Gasteiger partial charge in [-0.05, 0) is 252 Å². The molecule has 12 rings (SSSR count). The fraction of sp³-hybridized carbons (Fsp3) is 0.250. The topological polar surface area (TPSA) is 473 Å². The molecular weight excluding hydrogens is 1710 g/mol. The summed E-state index contributed by atoms with van der Waals surface area (Å²) in [7, 11) is -19.5. The van der Waals surface area contributed by atoms with Crippen LogP contribution in [0.15, 0.2) is 132 Å². The molecule has 8 N–H and O–H groups in total. The number of nitrogens with zero attached hydrogens (tertiary/aromatic N) is 4. The first-order chi connectivity index (χ1) is 70.9. The maximum atomic E-state index is 13.6. The molecule has 632 valence electrons. The summed E-state index contributed by atoms with van der Waals surface area (Å²) < 4.78 is 409. The molecule has 0 spiro atoms. The summed E-state index contributed by atoms with van der Waals surface area (Å²) >= 11 is 2.25. The van der Waals surface area contributed by atoms with Crippen LogP contribution in [0.3, 0.4) is 0 Å². The fourth-order valence-electron chi connectivity index (χ4n) is 10.0. The molecule has 32 nitrogen and oxygen atoms in total. The third-order valence-electron chi connectivity index (χ3n) is 16.1. The van der Waals surface area contributed by atoms with Crippen LogP contribution in [0.4, 0.5) is 46.3 Å². The first-order valence-electron chi connectivity index (χ1n) is 50.8. The first-order valence-corrected chi connectivity index (χ1v) is 42.5. The van der Waals surface area contributed by atoms with Crippen LogP contribution in [0, 0.1) is 110 Å². The number of anilines is 8. The van der Waals surface area contributed by atoms with E-state index < -0.39 is 284 Å². The second-order valence-corrected chi connectivity index (χ2v) is 34.8. The number of amides is 4. The van der Waals surface area contributed by atoms with Gasteiger partial charge in [0, 0.05) is 77.4 Å². The number of hydrogen-bond acceptors (Lipinski definition) is 28. The van der Waals surface area contributed by atoms with Crippen LogP contribution in [0.5, 0.6) is 0 Å². The highest BCUT2D eigenvalue weighted by molar-refractivity contribution is 7.94. The van der Waals surface area contributed by atoms with E-state index in [0.717, 1.165) is 48.9 Å². The molecule has 4 amide bonds. The highest BCUT2D eigenvalue weighted by atomic mass is 32.2. The number of nitrogens with one attached hydrogen (secondary N) is 8. The molecule has 0 aliphatic heterocycles. The quantitative estimate of drug-likeness (QED) is 0.0260. The van der Waals surface area contributed by atoms with Gasteiger partial charge in [0.1, 0.15) is 39.1 Å². The minimum Gasteiger partial charge on any atom is -0.337 e. The molecule has 0 radical (unpaired) electrons. The molecule has 8 heterocycles. The molecule has 0 unspecified atom stereocenters. The summed E-state index contributed by atoms with van der Waals surface area (Å²) in [6.07, 6.45) is 0. The second-order valence-electron chi connectivity index (χ2n) is 24.9. The van der Waals surface area contributed by atoms with E-state index in [1.165, 1.54) is 77.4 Å². The SMILES string of the molecule is [2H]N(C(=O)c1sccc1S(=O)(=O)N([2H])c1onc(C)c1C([2H])([2H])[2H])c1c(C)cc(C)cc1C(=O)C([2H])([2H])[2H].[2H]N(C(=O)c1sccc1S(=O)(=O)N([2H])c1onc(C)c1C)c1c(C)cc(C)cc1C(=O)C([2H])([2H])[2H].[2H]c1c(C(C)=O)c(N([2H])C(=O)c2sccc2S(=O)(=O)N([2H])c2onc(C)c2C([2H])([2H])[2H])c(C([2H])([2H])[2H])c([2H])c1C([2H])([2H])[2H].[2H]c1c(C(C)=O)c(N([2H])C(=O)c2sccc2S(=O)(=O)N([2H])c2onc(C)c2C)c(C([2H])([2H])[2H])c([2H])c1C([2H])([2H])[2H]. The molecule has 4 aromatic carbocycles. The Labute approximate surface area is 758 Å². The molecule has 0 aliphatic carbocycles. The lowest BCUT2D eigenvalue weighted by atomic mass is 10.0. The Kier molecular flexibility index (Phi) is 16.6. The van der Waals surface area contributed by atoms with E-state index in [9.17, 15) is 72.0 Å². The Morgan fingerprint density at radius 3 is 0.842 bits per heavy atom. The van der Waals surface area contributed by atoms with E-state index in [0.29, 0.717) is 78.7 Å². The number of hydrogen-bond donors (Lipinski definition) is 8. The molecule has 0 aliphatic rings. The molecule has 40 heteroatoms. The van der Waals surface area contributed by atoms with Gasteiger partial charge < -0.3 is 39.3 Å². The van der Waals surface area contributed by atoms with Crippen LogP contribution in [0.1, 0.15) is 236 Å². The largest absolute Gasteiger partial charge is 0.337 e. The Hall–Kier alpha value is -11.9. The Morgan fingerprint density at radius 1 is 0.342 bits per heavy atom. The summed E-state index contributed by atoms with van der Waals surface area (Å²) in [5.41, 5.74) is -9.01. The Bertz CT molecular complexity index is 8180. The maximum absolute atomic E-state index is 13.6. The van der Waals surface area contributed by atoms with E-state index in [-0.39, 0.29) is 85.7 Å². The molecule has 0 fully saturated rings. The van der Waals surface area contributed by atoms with E-state index in [1.54, 1.807) is 26.8 Å². The Morgan fingerprint density at radius 2 is 0.608 bits per heavy atom. The van der Waals surface area contributed by atoms with Crippen molar-refractivity contribution in [1.29, 1.82) is 0 Å². The van der Waals surface area contributed by atoms with Crippen molar-refractivity contribution >= 4 is 178 Å². The van der Waals surface area contributed by atoms with Crippen LogP contribution in [0.2, 0.25) is 11.3 Å². The van der Waals surface area contributed by atoms with Crippen molar-refractivity contribution in [3.8, 4) is 0 Å². The van der Waals surface area contributed by atoms with Crippen molar-refractivity contribution in [2.45, 2.75) is 157 Å². The van der Waals surface area contributed by atoms with E-state index >= 15 is 0 Å². The number of thiophene rings is 4. The zero-order valence-electron chi connectivity index (χ0n) is 99.7. The van der Waals surface area contributed by atoms with Crippen molar-refractivity contribution in [3.05, 3.63) is 226 Å². The zero-order valence-corrected chi connectivity index (χ0v) is 70.3. The number of sulfonamides is 4. The van der Waals surface area contributed by atoms with E-state index in [2.05, 4.69) is 20.6 Å². The minimum absolute atomic E-state index is 0.0146. The van der Waals surface area contributed by atoms with Gasteiger partial charge in [-0.2, -0.15) is 0 Å². The predicted molar refractivity (Wildman–Crippen MR) is 460 cm³/mol. The maximum Gasteiger partial charge on any atom is 0.267 e. The fourth-order valence-corrected chi connectivity index (χ4v) is 19.0. The summed E-state index contributed by atoms with van der Waals surface area (Å²) in [6, 6.07) is 4.81. The van der Waals surface area contributed by atoms with Crippen LogP contribution < -0.4 is 40.1 Å². The first kappa shape index (κ1) is 53.6. The summed E-state index contributed by atoms with van der Waals surface area (Å²) in [6.45, 7) is -8.76. The highest BCUT2D eigenvalue weighted by Gasteiger charge is 2.33. The number of carbonyl (C=O) groups is 8. The van der Waals surface area contributed by atoms with Crippen LogP contribution in [-0.4, -0.2) is 101 Å². The van der Waals surface area contributed by atoms with Gasteiger partial charge >= 0.3 is 0 Å². The molecule has 12 aromatic rings. The van der Waals surface area contributed by atoms with Crippen molar-refractivity contribution in [1.82, 2.24) is 20.6 Å². The van der Waals surface area contributed by atoms with Crippen molar-refractivity contribution < 1.29 is 140 Å². The number of aryl methyl sites for hydroxylation is 8. The van der Waals surface area contributed by atoms with Gasteiger partial charge in [0.2, 0.25) is 23.5 Å². The summed E-state index contributed by atoms with van der Waals surface area (Å²) in [5.74, 6) is -12.9. The molecule has 0 saturated heterocycles. The molecule has 0 atom stereocenters. The number of benzene rings is 4. The van der Waals surface area contributed by atoms with Crippen molar-refractivity contribution in [3.63, 3.8) is 0 Å². The Balaban J connectivity index is 0.000000230. The lowest BCUT2D eigenvalue weighted by Crippen LogP contribution is -2.20. The van der Waals surface area contributed by atoms with Crippen LogP contribution in [0.25, 0.3) is 0 Å². The number of ketones is 4. The van der Waals surface area contributed by atoms with Crippen molar-refractivity contribution in [2.24, 2.45) is 0 Å². The molecule has 120 heavy (non-hydrogen) atoms. The lowest BCUT2D eigenvalue weighted by Gasteiger charge is -2.14. The number of Topliss-reactive ketones (excluding diaryl/α,β-unsaturated/α-hetero) is 4. The van der Waals surface area contributed by atoms with Crippen LogP contribution in [-0.2, 0) is 40.1 Å². The highest BCUT2D eigenvalue weighted by Crippen LogP contribution is 2.36. The molecular formula is C80H84N12O20S8. The zero-order chi connectivity index (χ0) is 119. The van der Waals surface area contributed by atoms with Gasteiger partial charge in [0.15, 0.2) is 34.4 Å². The normalized spacial score (nSPS) is 16.6. The van der Waals surface area contributed by atoms with Crippen LogP contribution >= 0.6 is 45.3 Å². The lowest BCUT2D eigenvalue weighted by molar-refractivity contribution is 0.100. The van der Waals surface area contributed by atoms with Gasteiger partial charge in [0.25, 0.3) is 63.7 Å². The third kappa shape index (κ3) is 21.0. The average molecular weight is 1830 g/mol. The number of aromatic nitrogens is 4.